The first-order chi connectivity index (χ1) is 12.6. The molecule has 0 unspecified atom stereocenters. The lowest BCUT2D eigenvalue weighted by molar-refractivity contribution is 0.0600. The molecule has 0 saturated carbocycles. The van der Waals surface area contributed by atoms with Crippen LogP contribution < -0.4 is 5.43 Å². The van der Waals surface area contributed by atoms with E-state index in [9.17, 15) is 4.79 Å². The molecule has 0 aliphatic heterocycles. The van der Waals surface area contributed by atoms with Crippen LogP contribution in [0.15, 0.2) is 40.8 Å². The number of aryl methyl sites for hydroxylation is 1. The van der Waals surface area contributed by atoms with Crippen LogP contribution in [0.25, 0.3) is 11.3 Å². The van der Waals surface area contributed by atoms with Crippen LogP contribution in [0.2, 0.25) is 0 Å². The van der Waals surface area contributed by atoms with Gasteiger partial charge >= 0.3 is 5.97 Å². The van der Waals surface area contributed by atoms with Crippen LogP contribution in [-0.4, -0.2) is 28.0 Å². The van der Waals surface area contributed by atoms with Crippen molar-refractivity contribution in [2.45, 2.75) is 26.3 Å². The predicted molar refractivity (Wildman–Crippen MR) is 100.0 cm³/mol. The number of benzene rings is 1. The number of hydrogen-bond donors (Lipinski definition) is 2. The summed E-state index contributed by atoms with van der Waals surface area (Å²) in [4.78, 5) is 11.5. The minimum Gasteiger partial charge on any atom is -0.465 e. The second-order valence-electron chi connectivity index (χ2n) is 5.70. The van der Waals surface area contributed by atoms with Gasteiger partial charge in [-0.3, -0.25) is 5.10 Å². The maximum atomic E-state index is 11.5. The van der Waals surface area contributed by atoms with Gasteiger partial charge in [0.1, 0.15) is 11.5 Å². The van der Waals surface area contributed by atoms with E-state index in [1.165, 1.54) is 7.11 Å². The highest BCUT2D eigenvalue weighted by Gasteiger charge is 2.09. The maximum Gasteiger partial charge on any atom is 0.337 e. The lowest BCUT2D eigenvalue weighted by atomic mass is 10.1. The molecule has 136 valence electrons. The number of H-pyrrole nitrogens is 1. The average Bonchev–Trinajstić information content (AvgIpc) is 3.27. The van der Waals surface area contributed by atoms with Gasteiger partial charge in [-0.05, 0) is 42.9 Å². The number of furan rings is 1. The molecule has 0 radical (unpaired) electrons. The summed E-state index contributed by atoms with van der Waals surface area (Å²) in [5, 5.41) is 7.01. The molecule has 7 nitrogen and oxygen atoms in total. The number of aromatic nitrogens is 3. The molecule has 1 aromatic carbocycles. The number of aromatic amines is 1. The Balaban J connectivity index is 1.69. The molecule has 2 aromatic heterocycles. The van der Waals surface area contributed by atoms with Crippen molar-refractivity contribution in [2.75, 3.05) is 12.5 Å². The Morgan fingerprint density at radius 3 is 2.77 bits per heavy atom. The van der Waals surface area contributed by atoms with Crippen LogP contribution in [0.3, 0.4) is 0 Å². The zero-order valence-electron chi connectivity index (χ0n) is 14.6. The quantitative estimate of drug-likeness (QED) is 0.486. The number of nitrogens with one attached hydrogen (secondary N) is 2. The number of methoxy groups -OCH3 is 1. The van der Waals surface area contributed by atoms with E-state index < -0.39 is 0 Å². The topological polar surface area (TPSA) is 85.1 Å². The van der Waals surface area contributed by atoms with E-state index in [0.29, 0.717) is 16.9 Å². The van der Waals surface area contributed by atoms with Gasteiger partial charge in [0.2, 0.25) is 4.77 Å². The molecule has 26 heavy (non-hydrogen) atoms. The normalized spacial score (nSPS) is 10.7. The fourth-order valence-electron chi connectivity index (χ4n) is 2.56. The third-order valence-corrected chi connectivity index (χ3v) is 4.15. The molecular weight excluding hydrogens is 352 g/mol. The Morgan fingerprint density at radius 1 is 1.31 bits per heavy atom. The summed E-state index contributed by atoms with van der Waals surface area (Å²) in [6.45, 7) is 2.57. The molecular formula is C18H20N4O3S. The number of ether oxygens (including phenoxy) is 1. The summed E-state index contributed by atoms with van der Waals surface area (Å²) in [5.41, 5.74) is 4.61. The van der Waals surface area contributed by atoms with Gasteiger partial charge in [0.05, 0.1) is 19.2 Å². The third-order valence-electron chi connectivity index (χ3n) is 3.88. The first-order valence-corrected chi connectivity index (χ1v) is 8.70. The molecule has 0 amide bonds. The summed E-state index contributed by atoms with van der Waals surface area (Å²) < 4.78 is 12.9. The second kappa shape index (κ2) is 8.01. The van der Waals surface area contributed by atoms with Crippen LogP contribution in [-0.2, 0) is 17.7 Å². The van der Waals surface area contributed by atoms with Crippen molar-refractivity contribution >= 4 is 18.2 Å². The number of hydrogen-bond acceptors (Lipinski definition) is 6. The molecule has 0 bridgehead atoms. The van der Waals surface area contributed by atoms with Crippen LogP contribution in [0, 0.1) is 4.77 Å². The molecule has 0 spiro atoms. The van der Waals surface area contributed by atoms with E-state index in [4.69, 9.17) is 21.4 Å². The van der Waals surface area contributed by atoms with E-state index >= 15 is 0 Å². The standard InChI is InChI=1S/C18H20N4O3S/c1-3-4-16-20-21-18(26)22(16)19-11-14-9-10-15(25-14)12-5-7-13(8-6-12)17(23)24-2/h5-10,19H,3-4,11H2,1-2H3,(H,21,26). The number of rotatable bonds is 7. The number of esters is 1. The molecule has 0 fully saturated rings. The van der Waals surface area contributed by atoms with Crippen molar-refractivity contribution in [3.05, 3.63) is 58.3 Å². The molecule has 3 rings (SSSR count). The zero-order chi connectivity index (χ0) is 18.5. The van der Waals surface area contributed by atoms with Crippen LogP contribution in [0.4, 0.5) is 0 Å². The Labute approximate surface area is 156 Å². The second-order valence-corrected chi connectivity index (χ2v) is 6.09. The van der Waals surface area contributed by atoms with Crippen molar-refractivity contribution in [2.24, 2.45) is 0 Å². The van der Waals surface area contributed by atoms with Gasteiger partial charge in [0.25, 0.3) is 0 Å². The number of nitrogens with zero attached hydrogens (tertiary/aromatic N) is 2. The van der Waals surface area contributed by atoms with Crippen molar-refractivity contribution < 1.29 is 13.9 Å². The average molecular weight is 372 g/mol. The van der Waals surface area contributed by atoms with Gasteiger partial charge in [-0.15, -0.1) is 0 Å². The largest absolute Gasteiger partial charge is 0.465 e. The van der Waals surface area contributed by atoms with E-state index in [1.807, 2.05) is 24.3 Å². The molecule has 3 aromatic rings. The van der Waals surface area contributed by atoms with E-state index in [0.717, 1.165) is 35.7 Å². The Kier molecular flexibility index (Phi) is 5.52. The SMILES string of the molecule is CCCc1n[nH]c(=S)n1NCc1ccc(-c2ccc(C(=O)OC)cc2)o1. The zero-order valence-corrected chi connectivity index (χ0v) is 15.4. The Bertz CT molecular complexity index is 940. The molecule has 0 aliphatic carbocycles. The Hall–Kier alpha value is -2.87. The van der Waals surface area contributed by atoms with E-state index in [-0.39, 0.29) is 5.97 Å². The van der Waals surface area contributed by atoms with Crippen LogP contribution in [0.1, 0.15) is 35.3 Å². The van der Waals surface area contributed by atoms with Gasteiger partial charge in [-0.25, -0.2) is 9.47 Å². The van der Waals surface area contributed by atoms with Crippen molar-refractivity contribution in [1.29, 1.82) is 0 Å². The molecule has 2 N–H and O–H groups in total. The first kappa shape index (κ1) is 17.9. The molecule has 2 heterocycles. The summed E-state index contributed by atoms with van der Waals surface area (Å²) >= 11 is 5.24. The van der Waals surface area contributed by atoms with Gasteiger partial charge in [0, 0.05) is 12.0 Å². The molecule has 8 heteroatoms. The lowest BCUT2D eigenvalue weighted by Gasteiger charge is -2.08. The minimum absolute atomic E-state index is 0.361. The monoisotopic (exact) mass is 372 g/mol. The lowest BCUT2D eigenvalue weighted by Crippen LogP contribution is -2.17. The smallest absolute Gasteiger partial charge is 0.337 e. The number of carbonyl (C=O) groups is 1. The predicted octanol–water partition coefficient (Wildman–Crippen LogP) is 3.68. The van der Waals surface area contributed by atoms with Crippen LogP contribution in [0.5, 0.6) is 0 Å². The molecule has 0 aliphatic rings. The van der Waals surface area contributed by atoms with Gasteiger partial charge < -0.3 is 14.6 Å². The van der Waals surface area contributed by atoms with Gasteiger partial charge in [-0.2, -0.15) is 5.10 Å². The van der Waals surface area contributed by atoms with Crippen molar-refractivity contribution in [3.63, 3.8) is 0 Å². The first-order valence-electron chi connectivity index (χ1n) is 8.30. The fraction of sp³-hybridized carbons (Fsp3) is 0.278. The minimum atomic E-state index is -0.361. The maximum absolute atomic E-state index is 11.5. The third kappa shape index (κ3) is 3.85. The molecule has 0 saturated heterocycles. The molecule has 0 atom stereocenters. The van der Waals surface area contributed by atoms with Gasteiger partial charge in [-0.1, -0.05) is 19.1 Å². The highest BCUT2D eigenvalue weighted by Crippen LogP contribution is 2.23. The summed E-state index contributed by atoms with van der Waals surface area (Å²) in [6, 6.07) is 10.9. The highest BCUT2D eigenvalue weighted by molar-refractivity contribution is 7.71. The van der Waals surface area contributed by atoms with E-state index in [1.54, 1.807) is 16.8 Å². The summed E-state index contributed by atoms with van der Waals surface area (Å²) in [7, 11) is 1.36. The Morgan fingerprint density at radius 2 is 2.08 bits per heavy atom. The fourth-order valence-corrected chi connectivity index (χ4v) is 2.77. The van der Waals surface area contributed by atoms with Gasteiger partial charge in [0.15, 0.2) is 5.82 Å². The summed E-state index contributed by atoms with van der Waals surface area (Å²) in [6.07, 6.45) is 1.81. The highest BCUT2D eigenvalue weighted by atomic mass is 32.1. The summed E-state index contributed by atoms with van der Waals surface area (Å²) in [5.74, 6) is 1.99. The van der Waals surface area contributed by atoms with Crippen LogP contribution >= 0.6 is 12.2 Å². The van der Waals surface area contributed by atoms with Crippen molar-refractivity contribution in [1.82, 2.24) is 14.9 Å². The van der Waals surface area contributed by atoms with Crippen molar-refractivity contribution in [3.8, 4) is 11.3 Å². The number of carbonyl (C=O) groups excluding carboxylic acids is 1. The van der Waals surface area contributed by atoms with E-state index in [2.05, 4.69) is 22.5 Å².